The van der Waals surface area contributed by atoms with Crippen LogP contribution in [0.1, 0.15) is 5.56 Å². The van der Waals surface area contributed by atoms with E-state index < -0.39 is 11.2 Å². The zero-order valence-corrected chi connectivity index (χ0v) is 9.96. The molecule has 0 saturated heterocycles. The number of aromatic nitrogens is 3. The van der Waals surface area contributed by atoms with E-state index >= 15 is 0 Å². The van der Waals surface area contributed by atoms with Crippen LogP contribution in [0.4, 0.5) is 5.82 Å². The summed E-state index contributed by atoms with van der Waals surface area (Å²) in [5.41, 5.74) is -0.229. The molecule has 0 amide bonds. The number of nitrogens with zero attached hydrogens (tertiary/aromatic N) is 3. The topological polar surface area (TPSA) is 94.2 Å². The average Bonchev–Trinajstić information content (AvgIpc) is 2.89. The van der Waals surface area contributed by atoms with Crippen LogP contribution in [0.3, 0.4) is 0 Å². The third kappa shape index (κ3) is 2.05. The first-order valence-electron chi connectivity index (χ1n) is 5.82. The number of amidine groups is 1. The van der Waals surface area contributed by atoms with Crippen molar-refractivity contribution >= 4 is 11.7 Å². The van der Waals surface area contributed by atoms with E-state index in [1.165, 1.54) is 0 Å². The molecule has 2 aromatic rings. The zero-order valence-electron chi connectivity index (χ0n) is 9.96. The van der Waals surface area contributed by atoms with Gasteiger partial charge in [0, 0.05) is 12.1 Å². The first-order valence-corrected chi connectivity index (χ1v) is 5.82. The number of rotatable bonds is 2. The van der Waals surface area contributed by atoms with Crippen molar-refractivity contribution in [2.24, 2.45) is 4.99 Å². The molecule has 7 heteroatoms. The van der Waals surface area contributed by atoms with Gasteiger partial charge in [0.25, 0.3) is 5.56 Å². The maximum absolute atomic E-state index is 11.8. The molecule has 2 N–H and O–H groups in total. The van der Waals surface area contributed by atoms with E-state index in [0.717, 1.165) is 5.56 Å². The summed E-state index contributed by atoms with van der Waals surface area (Å²) in [5, 5.41) is 6.03. The molecule has 1 aliphatic rings. The van der Waals surface area contributed by atoms with Gasteiger partial charge in [-0.2, -0.15) is 0 Å². The van der Waals surface area contributed by atoms with E-state index in [1.54, 1.807) is 4.90 Å². The summed E-state index contributed by atoms with van der Waals surface area (Å²) in [6.07, 6.45) is 0. The predicted octanol–water partition coefficient (Wildman–Crippen LogP) is -0.275. The highest BCUT2D eigenvalue weighted by molar-refractivity contribution is 6.10. The molecule has 0 unspecified atom stereocenters. The van der Waals surface area contributed by atoms with Crippen molar-refractivity contribution in [1.82, 2.24) is 15.2 Å². The number of hydrogen-bond donors (Lipinski definition) is 2. The van der Waals surface area contributed by atoms with Crippen LogP contribution in [0.2, 0.25) is 0 Å². The summed E-state index contributed by atoms with van der Waals surface area (Å²) in [6, 6.07) is 9.54. The number of aromatic amines is 2. The highest BCUT2D eigenvalue weighted by Gasteiger charge is 2.23. The van der Waals surface area contributed by atoms with Crippen LogP contribution < -0.4 is 16.1 Å². The second-order valence-electron chi connectivity index (χ2n) is 4.05. The lowest BCUT2D eigenvalue weighted by Gasteiger charge is -2.17. The van der Waals surface area contributed by atoms with Crippen molar-refractivity contribution in [2.75, 3.05) is 18.0 Å². The van der Waals surface area contributed by atoms with E-state index in [4.69, 9.17) is 0 Å². The predicted molar refractivity (Wildman–Crippen MR) is 70.7 cm³/mol. The van der Waals surface area contributed by atoms with Gasteiger partial charge in [-0.3, -0.25) is 14.8 Å². The number of benzene rings is 1. The first-order chi connectivity index (χ1) is 9.25. The van der Waals surface area contributed by atoms with Gasteiger partial charge in [0.1, 0.15) is 5.84 Å². The van der Waals surface area contributed by atoms with Crippen molar-refractivity contribution in [1.29, 1.82) is 0 Å². The lowest BCUT2D eigenvalue weighted by Crippen LogP contribution is -2.37. The number of hydrogen-bond acceptors (Lipinski definition) is 5. The molecule has 0 atom stereocenters. The summed E-state index contributed by atoms with van der Waals surface area (Å²) in [6.45, 7) is 1.15. The van der Waals surface area contributed by atoms with Gasteiger partial charge in [0.15, 0.2) is 0 Å². The normalized spacial score (nSPS) is 14.5. The van der Waals surface area contributed by atoms with Crippen molar-refractivity contribution in [3.8, 4) is 0 Å². The SMILES string of the molecule is O=c1[nH]nc(N2CCN=C2c2ccccc2)c(=O)[nH]1. The molecular formula is C12H11N5O2. The van der Waals surface area contributed by atoms with Crippen LogP contribution in [0.15, 0.2) is 44.9 Å². The Morgan fingerprint density at radius 2 is 1.95 bits per heavy atom. The molecule has 0 spiro atoms. The minimum atomic E-state index is -0.619. The monoisotopic (exact) mass is 257 g/mol. The van der Waals surface area contributed by atoms with E-state index in [2.05, 4.69) is 20.2 Å². The van der Waals surface area contributed by atoms with Crippen LogP contribution in [-0.2, 0) is 0 Å². The van der Waals surface area contributed by atoms with E-state index in [1.807, 2.05) is 30.3 Å². The van der Waals surface area contributed by atoms with Crippen molar-refractivity contribution < 1.29 is 0 Å². The molecule has 0 saturated carbocycles. The van der Waals surface area contributed by atoms with Crippen LogP contribution in [0.5, 0.6) is 0 Å². The van der Waals surface area contributed by atoms with Gasteiger partial charge in [-0.25, -0.2) is 9.89 Å². The van der Waals surface area contributed by atoms with Gasteiger partial charge in [0.2, 0.25) is 5.82 Å². The quantitative estimate of drug-likeness (QED) is 0.774. The van der Waals surface area contributed by atoms with Crippen LogP contribution >= 0.6 is 0 Å². The zero-order chi connectivity index (χ0) is 13.2. The minimum Gasteiger partial charge on any atom is -0.303 e. The van der Waals surface area contributed by atoms with Gasteiger partial charge >= 0.3 is 5.69 Å². The standard InChI is InChI=1S/C12H11N5O2/c18-11-10(15-16-12(19)14-11)17-7-6-13-9(17)8-4-2-1-3-5-8/h1-5H,6-7H2,(H2,14,16,18,19). The lowest BCUT2D eigenvalue weighted by molar-refractivity contribution is 0.860. The summed E-state index contributed by atoms with van der Waals surface area (Å²) >= 11 is 0. The largest absolute Gasteiger partial charge is 0.342 e. The Labute approximate surface area is 107 Å². The molecule has 0 fully saturated rings. The molecule has 2 heterocycles. The second kappa shape index (κ2) is 4.52. The van der Waals surface area contributed by atoms with E-state index in [9.17, 15) is 9.59 Å². The highest BCUT2D eigenvalue weighted by Crippen LogP contribution is 2.14. The van der Waals surface area contributed by atoms with Crippen molar-refractivity contribution in [3.63, 3.8) is 0 Å². The maximum atomic E-state index is 11.8. The second-order valence-corrected chi connectivity index (χ2v) is 4.05. The molecule has 96 valence electrons. The van der Waals surface area contributed by atoms with Gasteiger partial charge in [-0.1, -0.05) is 30.3 Å². The molecule has 19 heavy (non-hydrogen) atoms. The third-order valence-corrected chi connectivity index (χ3v) is 2.82. The summed E-state index contributed by atoms with van der Waals surface area (Å²) in [4.78, 5) is 31.0. The van der Waals surface area contributed by atoms with Gasteiger partial charge < -0.3 is 4.90 Å². The molecule has 0 aliphatic carbocycles. The number of anilines is 1. The number of aliphatic imine (C=N–C) groups is 1. The Kier molecular flexibility index (Phi) is 2.71. The van der Waals surface area contributed by atoms with E-state index in [-0.39, 0.29) is 5.82 Å². The summed E-state index contributed by atoms with van der Waals surface area (Å²) in [7, 11) is 0. The Hall–Kier alpha value is -2.70. The van der Waals surface area contributed by atoms with Gasteiger partial charge in [-0.15, -0.1) is 5.10 Å². The number of H-pyrrole nitrogens is 2. The molecule has 1 aliphatic heterocycles. The third-order valence-electron chi connectivity index (χ3n) is 2.82. The highest BCUT2D eigenvalue weighted by atomic mass is 16.2. The molecule has 1 aromatic carbocycles. The molecule has 0 radical (unpaired) electrons. The first kappa shape index (κ1) is 11.4. The summed E-state index contributed by atoms with van der Waals surface area (Å²) in [5.74, 6) is 0.838. The van der Waals surface area contributed by atoms with Crippen LogP contribution in [0, 0.1) is 0 Å². The van der Waals surface area contributed by atoms with Crippen LogP contribution in [-0.4, -0.2) is 34.1 Å². The Morgan fingerprint density at radius 3 is 2.68 bits per heavy atom. The van der Waals surface area contributed by atoms with Crippen molar-refractivity contribution in [2.45, 2.75) is 0 Å². The van der Waals surface area contributed by atoms with Gasteiger partial charge in [0.05, 0.1) is 6.54 Å². The average molecular weight is 257 g/mol. The fourth-order valence-electron chi connectivity index (χ4n) is 2.01. The Morgan fingerprint density at radius 1 is 1.16 bits per heavy atom. The Bertz CT molecular complexity index is 732. The molecule has 3 rings (SSSR count). The molecule has 1 aromatic heterocycles. The smallest absolute Gasteiger partial charge is 0.303 e. The molecule has 7 nitrogen and oxygen atoms in total. The molecular weight excluding hydrogens is 246 g/mol. The fourth-order valence-corrected chi connectivity index (χ4v) is 2.01. The van der Waals surface area contributed by atoms with Crippen molar-refractivity contribution in [3.05, 3.63) is 56.7 Å². The van der Waals surface area contributed by atoms with Crippen LogP contribution in [0.25, 0.3) is 0 Å². The number of nitrogens with one attached hydrogen (secondary N) is 2. The van der Waals surface area contributed by atoms with Gasteiger partial charge in [-0.05, 0) is 0 Å². The summed E-state index contributed by atoms with van der Waals surface area (Å²) < 4.78 is 0. The minimum absolute atomic E-state index is 0.153. The Balaban J connectivity index is 2.04. The van der Waals surface area contributed by atoms with E-state index in [0.29, 0.717) is 18.9 Å². The molecule has 0 bridgehead atoms. The maximum Gasteiger partial charge on any atom is 0.342 e. The lowest BCUT2D eigenvalue weighted by atomic mass is 10.2. The fraction of sp³-hybridized carbons (Fsp3) is 0.167.